The fourth-order valence-electron chi connectivity index (χ4n) is 3.23. The molecular formula is C17H23NO3. The minimum absolute atomic E-state index is 0.135. The van der Waals surface area contributed by atoms with Crippen LogP contribution in [0.15, 0.2) is 24.3 Å². The van der Waals surface area contributed by atoms with Gasteiger partial charge in [0.05, 0.1) is 6.04 Å². The fraction of sp³-hybridized carbons (Fsp3) is 0.588. The predicted octanol–water partition coefficient (Wildman–Crippen LogP) is 2.93. The summed E-state index contributed by atoms with van der Waals surface area (Å²) in [5.41, 5.74) is 1.00. The number of benzene rings is 1. The molecule has 0 aromatic heterocycles. The van der Waals surface area contributed by atoms with Crippen LogP contribution in [-0.4, -0.2) is 36.6 Å². The van der Waals surface area contributed by atoms with E-state index >= 15 is 0 Å². The first kappa shape index (κ1) is 14.4. The van der Waals surface area contributed by atoms with Gasteiger partial charge in [0.25, 0.3) is 0 Å². The lowest BCUT2D eigenvalue weighted by Crippen LogP contribution is -2.49. The molecular weight excluding hydrogens is 266 g/mol. The molecule has 1 fully saturated rings. The molecule has 1 aromatic carbocycles. The number of likely N-dealkylation sites (tertiary alicyclic amines) is 1. The van der Waals surface area contributed by atoms with E-state index in [4.69, 9.17) is 9.47 Å². The monoisotopic (exact) mass is 289 g/mol. The van der Waals surface area contributed by atoms with E-state index < -0.39 is 0 Å². The van der Waals surface area contributed by atoms with E-state index in [-0.39, 0.29) is 18.1 Å². The largest absolute Gasteiger partial charge is 0.491 e. The van der Waals surface area contributed by atoms with E-state index in [1.54, 1.807) is 0 Å². The summed E-state index contributed by atoms with van der Waals surface area (Å²) in [7, 11) is 0. The third-order valence-corrected chi connectivity index (χ3v) is 4.39. The zero-order valence-electron chi connectivity index (χ0n) is 12.6. The number of carbonyl (C=O) groups excluding carboxylic acids is 1. The molecule has 0 amide bonds. The molecule has 1 saturated heterocycles. The average molecular weight is 289 g/mol. The molecule has 0 radical (unpaired) electrons. The standard InChI is InChI=1S/C17H23NO3/c1-2-16(19)21-17-13-8-4-5-9-15(13)20-12-14(17)18-10-6-3-7-11-18/h4-5,8-9,14,17H,2-3,6-7,10-12H2,1H3. The molecule has 3 rings (SSSR count). The third kappa shape index (κ3) is 3.05. The Labute approximate surface area is 126 Å². The zero-order valence-corrected chi connectivity index (χ0v) is 12.6. The second-order valence-electron chi connectivity index (χ2n) is 5.78. The molecule has 2 heterocycles. The minimum atomic E-state index is -0.208. The lowest BCUT2D eigenvalue weighted by molar-refractivity contribution is -0.155. The van der Waals surface area contributed by atoms with Crippen molar-refractivity contribution in [2.45, 2.75) is 44.8 Å². The quantitative estimate of drug-likeness (QED) is 0.802. The molecule has 2 atom stereocenters. The Bertz CT molecular complexity index is 497. The predicted molar refractivity (Wildman–Crippen MR) is 80.3 cm³/mol. The topological polar surface area (TPSA) is 38.8 Å². The number of nitrogens with zero attached hydrogens (tertiary/aromatic N) is 1. The highest BCUT2D eigenvalue weighted by Gasteiger charge is 2.37. The molecule has 0 spiro atoms. The van der Waals surface area contributed by atoms with Crippen molar-refractivity contribution >= 4 is 5.97 Å². The van der Waals surface area contributed by atoms with Crippen molar-refractivity contribution in [1.29, 1.82) is 0 Å². The number of ether oxygens (including phenoxy) is 2. The van der Waals surface area contributed by atoms with Gasteiger partial charge in [-0.3, -0.25) is 9.69 Å². The number of carbonyl (C=O) groups is 1. The Morgan fingerprint density at radius 3 is 2.81 bits per heavy atom. The van der Waals surface area contributed by atoms with Crippen molar-refractivity contribution in [2.75, 3.05) is 19.7 Å². The van der Waals surface area contributed by atoms with Crippen molar-refractivity contribution in [3.8, 4) is 5.75 Å². The molecule has 4 heteroatoms. The molecule has 2 aliphatic heterocycles. The Morgan fingerprint density at radius 2 is 2.05 bits per heavy atom. The van der Waals surface area contributed by atoms with E-state index in [1.165, 1.54) is 19.3 Å². The van der Waals surface area contributed by atoms with Gasteiger partial charge in [-0.25, -0.2) is 0 Å². The molecule has 2 aliphatic rings. The van der Waals surface area contributed by atoms with Crippen molar-refractivity contribution < 1.29 is 14.3 Å². The molecule has 4 nitrogen and oxygen atoms in total. The van der Waals surface area contributed by atoms with Crippen molar-refractivity contribution in [1.82, 2.24) is 4.90 Å². The molecule has 21 heavy (non-hydrogen) atoms. The number of piperidine rings is 1. The van der Waals surface area contributed by atoms with Crippen LogP contribution in [-0.2, 0) is 9.53 Å². The average Bonchev–Trinajstić information content (AvgIpc) is 2.56. The summed E-state index contributed by atoms with van der Waals surface area (Å²) in [6.07, 6.45) is 3.92. The van der Waals surface area contributed by atoms with Gasteiger partial charge in [-0.2, -0.15) is 0 Å². The van der Waals surface area contributed by atoms with Crippen molar-refractivity contribution in [3.05, 3.63) is 29.8 Å². The van der Waals surface area contributed by atoms with Gasteiger partial charge in [0.2, 0.25) is 0 Å². The Kier molecular flexibility index (Phi) is 4.44. The maximum Gasteiger partial charge on any atom is 0.306 e. The molecule has 1 aromatic rings. The lowest BCUT2D eigenvalue weighted by atomic mass is 9.96. The number of esters is 1. The SMILES string of the molecule is CCC(=O)OC1c2ccccc2OCC1N1CCCCC1. The van der Waals surface area contributed by atoms with Crippen LogP contribution in [0.3, 0.4) is 0 Å². The van der Waals surface area contributed by atoms with Crippen molar-refractivity contribution in [3.63, 3.8) is 0 Å². The molecule has 114 valence electrons. The van der Waals surface area contributed by atoms with Gasteiger partial charge in [-0.1, -0.05) is 31.5 Å². The maximum absolute atomic E-state index is 11.8. The second-order valence-corrected chi connectivity index (χ2v) is 5.78. The summed E-state index contributed by atoms with van der Waals surface area (Å²) < 4.78 is 11.7. The van der Waals surface area contributed by atoms with Gasteiger partial charge >= 0.3 is 5.97 Å². The van der Waals surface area contributed by atoms with Crippen LogP contribution in [0.25, 0.3) is 0 Å². The fourth-order valence-corrected chi connectivity index (χ4v) is 3.23. The normalized spacial score (nSPS) is 25.8. The van der Waals surface area contributed by atoms with Gasteiger partial charge in [-0.05, 0) is 32.0 Å². The second kappa shape index (κ2) is 6.48. The summed E-state index contributed by atoms with van der Waals surface area (Å²) in [4.78, 5) is 14.3. The molecule has 2 unspecified atom stereocenters. The zero-order chi connectivity index (χ0) is 14.7. The van der Waals surface area contributed by atoms with Gasteiger partial charge in [0.15, 0.2) is 0 Å². The highest BCUT2D eigenvalue weighted by molar-refractivity contribution is 5.69. The number of hydrogen-bond acceptors (Lipinski definition) is 4. The van der Waals surface area contributed by atoms with Crippen LogP contribution in [0.4, 0.5) is 0 Å². The summed E-state index contributed by atoms with van der Waals surface area (Å²) in [6.45, 7) is 4.56. The maximum atomic E-state index is 11.8. The van der Waals surface area contributed by atoms with Crippen LogP contribution in [0.1, 0.15) is 44.3 Å². The molecule has 0 aliphatic carbocycles. The minimum Gasteiger partial charge on any atom is -0.491 e. The first-order valence-corrected chi connectivity index (χ1v) is 7.95. The summed E-state index contributed by atoms with van der Waals surface area (Å²) in [5, 5.41) is 0. The highest BCUT2D eigenvalue weighted by atomic mass is 16.6. The van der Waals surface area contributed by atoms with Crippen LogP contribution in [0, 0.1) is 0 Å². The van der Waals surface area contributed by atoms with E-state index in [0.717, 1.165) is 24.4 Å². The number of rotatable bonds is 3. The highest BCUT2D eigenvalue weighted by Crippen LogP contribution is 2.37. The van der Waals surface area contributed by atoms with Gasteiger partial charge in [0.1, 0.15) is 18.5 Å². The van der Waals surface area contributed by atoms with Crippen molar-refractivity contribution in [2.24, 2.45) is 0 Å². The molecule has 0 N–H and O–H groups in total. The van der Waals surface area contributed by atoms with Gasteiger partial charge in [-0.15, -0.1) is 0 Å². The van der Waals surface area contributed by atoms with Gasteiger partial charge in [0, 0.05) is 12.0 Å². The van der Waals surface area contributed by atoms with Crippen LogP contribution < -0.4 is 4.74 Å². The van der Waals surface area contributed by atoms with E-state index in [9.17, 15) is 4.79 Å². The lowest BCUT2D eigenvalue weighted by Gasteiger charge is -2.41. The summed E-state index contributed by atoms with van der Waals surface area (Å²) >= 11 is 0. The molecule has 0 bridgehead atoms. The summed E-state index contributed by atoms with van der Waals surface area (Å²) in [6, 6.07) is 8.04. The third-order valence-electron chi connectivity index (χ3n) is 4.39. The summed E-state index contributed by atoms with van der Waals surface area (Å²) in [5.74, 6) is 0.707. The Hall–Kier alpha value is -1.55. The Balaban J connectivity index is 1.86. The number of para-hydroxylation sites is 1. The first-order chi connectivity index (χ1) is 10.3. The smallest absolute Gasteiger partial charge is 0.306 e. The molecule has 0 saturated carbocycles. The Morgan fingerprint density at radius 1 is 1.29 bits per heavy atom. The first-order valence-electron chi connectivity index (χ1n) is 7.95. The van der Waals surface area contributed by atoms with E-state index in [2.05, 4.69) is 4.90 Å². The number of fused-ring (bicyclic) bond motifs is 1. The van der Waals surface area contributed by atoms with E-state index in [1.807, 2.05) is 31.2 Å². The van der Waals surface area contributed by atoms with Gasteiger partial charge < -0.3 is 9.47 Å². The van der Waals surface area contributed by atoms with Crippen LogP contribution >= 0.6 is 0 Å². The van der Waals surface area contributed by atoms with Crippen LogP contribution in [0.5, 0.6) is 5.75 Å². The number of hydrogen-bond donors (Lipinski definition) is 0. The van der Waals surface area contributed by atoms with Crippen LogP contribution in [0.2, 0.25) is 0 Å². The van der Waals surface area contributed by atoms with E-state index in [0.29, 0.717) is 13.0 Å².